The molecule has 0 radical (unpaired) electrons. The molecule has 19 heavy (non-hydrogen) atoms. The van der Waals surface area contributed by atoms with Gasteiger partial charge in [-0.05, 0) is 12.1 Å². The Balaban J connectivity index is 1.92. The van der Waals surface area contributed by atoms with Crippen LogP contribution in [-0.4, -0.2) is 21.0 Å². The van der Waals surface area contributed by atoms with Gasteiger partial charge in [0.15, 0.2) is 0 Å². The predicted octanol–water partition coefficient (Wildman–Crippen LogP) is 3.63. The van der Waals surface area contributed by atoms with E-state index in [0.29, 0.717) is 0 Å². The molecule has 0 atom stereocenters. The number of carboxylic acids is 1. The van der Waals surface area contributed by atoms with Crippen molar-refractivity contribution in [3.63, 3.8) is 0 Å². The third-order valence-electron chi connectivity index (χ3n) is 2.57. The van der Waals surface area contributed by atoms with Crippen molar-refractivity contribution < 1.29 is 9.90 Å². The maximum absolute atomic E-state index is 10.8. The molecule has 2 aromatic heterocycles. The molecule has 2 heterocycles. The molecule has 0 amide bonds. The average molecular weight is 288 g/mol. The van der Waals surface area contributed by atoms with Gasteiger partial charge < -0.3 is 5.11 Å². The van der Waals surface area contributed by atoms with Crippen LogP contribution in [0.1, 0.15) is 10.4 Å². The molecule has 3 rings (SSSR count). The summed E-state index contributed by atoms with van der Waals surface area (Å²) in [5.74, 6) is -0.920. The van der Waals surface area contributed by atoms with E-state index >= 15 is 0 Å². The highest BCUT2D eigenvalue weighted by Crippen LogP contribution is 2.30. The minimum atomic E-state index is -0.920. The number of rotatable bonds is 3. The Morgan fingerprint density at radius 2 is 1.95 bits per heavy atom. The largest absolute Gasteiger partial charge is 0.478 e. The highest BCUT2D eigenvalue weighted by atomic mass is 32.1. The molecule has 1 aromatic carbocycles. The standard InChI is InChI=1S/C13H8N2O2S2/c16-13(17)9-3-1-8(2-4-9)12-15-10(6-18-12)11-5-14-7-19-11/h1-7H,(H,16,17). The van der Waals surface area contributed by atoms with Gasteiger partial charge in [0, 0.05) is 17.1 Å². The first-order valence-electron chi connectivity index (χ1n) is 5.42. The summed E-state index contributed by atoms with van der Waals surface area (Å²) in [5, 5.41) is 11.7. The van der Waals surface area contributed by atoms with Crippen LogP contribution in [0.5, 0.6) is 0 Å². The monoisotopic (exact) mass is 288 g/mol. The maximum atomic E-state index is 10.8. The fourth-order valence-corrected chi connectivity index (χ4v) is 3.10. The zero-order valence-corrected chi connectivity index (χ0v) is 11.2. The predicted molar refractivity (Wildman–Crippen MR) is 75.6 cm³/mol. The maximum Gasteiger partial charge on any atom is 0.335 e. The Kier molecular flexibility index (Phi) is 3.10. The molecule has 3 aromatic rings. The molecule has 0 bridgehead atoms. The van der Waals surface area contributed by atoms with Gasteiger partial charge in [0.05, 0.1) is 21.6 Å². The molecule has 0 spiro atoms. The number of carbonyl (C=O) groups is 1. The van der Waals surface area contributed by atoms with Gasteiger partial charge in [0.1, 0.15) is 5.01 Å². The molecule has 0 unspecified atom stereocenters. The smallest absolute Gasteiger partial charge is 0.335 e. The Bertz CT molecular complexity index is 703. The Hall–Kier alpha value is -2.05. The van der Waals surface area contributed by atoms with E-state index < -0.39 is 5.97 Å². The van der Waals surface area contributed by atoms with Crippen LogP contribution in [-0.2, 0) is 0 Å². The summed E-state index contributed by atoms with van der Waals surface area (Å²) in [6.45, 7) is 0. The van der Waals surface area contributed by atoms with Crippen molar-refractivity contribution in [2.75, 3.05) is 0 Å². The quantitative estimate of drug-likeness (QED) is 0.799. The number of carboxylic acid groups (broad SMARTS) is 1. The Morgan fingerprint density at radius 1 is 1.16 bits per heavy atom. The van der Waals surface area contributed by atoms with Crippen LogP contribution in [0.25, 0.3) is 21.1 Å². The van der Waals surface area contributed by atoms with Crippen molar-refractivity contribution in [1.82, 2.24) is 9.97 Å². The number of aromatic nitrogens is 2. The molecule has 4 nitrogen and oxygen atoms in total. The van der Waals surface area contributed by atoms with Gasteiger partial charge in [0.2, 0.25) is 0 Å². The molecule has 0 saturated carbocycles. The van der Waals surface area contributed by atoms with E-state index in [0.717, 1.165) is 21.1 Å². The SMILES string of the molecule is O=C(O)c1ccc(-c2nc(-c3cncs3)cs2)cc1. The zero-order chi connectivity index (χ0) is 13.2. The lowest BCUT2D eigenvalue weighted by Crippen LogP contribution is -1.94. The second-order valence-electron chi connectivity index (χ2n) is 3.79. The lowest BCUT2D eigenvalue weighted by molar-refractivity contribution is 0.0697. The molecule has 1 N–H and O–H groups in total. The van der Waals surface area contributed by atoms with Crippen molar-refractivity contribution in [2.45, 2.75) is 0 Å². The van der Waals surface area contributed by atoms with E-state index in [9.17, 15) is 4.79 Å². The molecule has 0 fully saturated rings. The van der Waals surface area contributed by atoms with Crippen LogP contribution in [0.15, 0.2) is 41.4 Å². The van der Waals surface area contributed by atoms with E-state index in [-0.39, 0.29) is 5.56 Å². The van der Waals surface area contributed by atoms with Crippen LogP contribution >= 0.6 is 22.7 Å². The number of benzene rings is 1. The minimum absolute atomic E-state index is 0.281. The molecule has 0 saturated heterocycles. The van der Waals surface area contributed by atoms with Crippen LogP contribution in [0.2, 0.25) is 0 Å². The van der Waals surface area contributed by atoms with E-state index in [4.69, 9.17) is 5.11 Å². The van der Waals surface area contributed by atoms with Crippen molar-refractivity contribution in [3.05, 3.63) is 46.9 Å². The summed E-state index contributed by atoms with van der Waals surface area (Å²) >= 11 is 3.08. The number of hydrogen-bond acceptors (Lipinski definition) is 5. The lowest BCUT2D eigenvalue weighted by Gasteiger charge is -1.97. The zero-order valence-electron chi connectivity index (χ0n) is 9.61. The fraction of sp³-hybridized carbons (Fsp3) is 0. The Labute approximate surface area is 117 Å². The highest BCUT2D eigenvalue weighted by Gasteiger charge is 2.09. The topological polar surface area (TPSA) is 63.1 Å². The van der Waals surface area contributed by atoms with E-state index in [2.05, 4.69) is 9.97 Å². The molecule has 0 aliphatic carbocycles. The summed E-state index contributed by atoms with van der Waals surface area (Å²) < 4.78 is 0. The van der Waals surface area contributed by atoms with Crippen molar-refractivity contribution >= 4 is 28.6 Å². The molecule has 0 aliphatic rings. The van der Waals surface area contributed by atoms with E-state index in [1.807, 2.05) is 5.38 Å². The number of thiazole rings is 2. The summed E-state index contributed by atoms with van der Waals surface area (Å²) in [7, 11) is 0. The lowest BCUT2D eigenvalue weighted by atomic mass is 10.1. The van der Waals surface area contributed by atoms with Gasteiger partial charge in [0.25, 0.3) is 0 Å². The van der Waals surface area contributed by atoms with Gasteiger partial charge >= 0.3 is 5.97 Å². The fourth-order valence-electron chi connectivity index (χ4n) is 1.62. The third kappa shape index (κ3) is 2.40. The van der Waals surface area contributed by atoms with Crippen LogP contribution in [0, 0.1) is 0 Å². The normalized spacial score (nSPS) is 10.5. The van der Waals surface area contributed by atoms with Gasteiger partial charge in [-0.25, -0.2) is 9.78 Å². The Morgan fingerprint density at radius 3 is 2.58 bits per heavy atom. The molecule has 94 valence electrons. The number of nitrogens with zero attached hydrogens (tertiary/aromatic N) is 2. The van der Waals surface area contributed by atoms with Gasteiger partial charge in [-0.15, -0.1) is 22.7 Å². The van der Waals surface area contributed by atoms with Crippen molar-refractivity contribution in [1.29, 1.82) is 0 Å². The van der Waals surface area contributed by atoms with Crippen molar-refractivity contribution in [2.24, 2.45) is 0 Å². The van der Waals surface area contributed by atoms with Gasteiger partial charge in [-0.3, -0.25) is 4.98 Å². The molecular weight excluding hydrogens is 280 g/mol. The second-order valence-corrected chi connectivity index (χ2v) is 5.53. The molecule has 0 aliphatic heterocycles. The summed E-state index contributed by atoms with van der Waals surface area (Å²) in [4.78, 5) is 20.4. The second kappa shape index (κ2) is 4.91. The average Bonchev–Trinajstić information content (AvgIpc) is 3.10. The summed E-state index contributed by atoms with van der Waals surface area (Å²) in [6.07, 6.45) is 1.79. The summed E-state index contributed by atoms with van der Waals surface area (Å²) in [5.41, 5.74) is 3.88. The first-order valence-corrected chi connectivity index (χ1v) is 7.18. The first-order chi connectivity index (χ1) is 9.24. The van der Waals surface area contributed by atoms with Crippen LogP contribution in [0.3, 0.4) is 0 Å². The third-order valence-corrected chi connectivity index (χ3v) is 4.25. The van der Waals surface area contributed by atoms with Gasteiger partial charge in [-0.1, -0.05) is 12.1 Å². The van der Waals surface area contributed by atoms with Gasteiger partial charge in [-0.2, -0.15) is 0 Å². The minimum Gasteiger partial charge on any atom is -0.478 e. The number of hydrogen-bond donors (Lipinski definition) is 1. The highest BCUT2D eigenvalue weighted by molar-refractivity contribution is 7.15. The van der Waals surface area contributed by atoms with E-state index in [1.165, 1.54) is 11.3 Å². The molecule has 6 heteroatoms. The van der Waals surface area contributed by atoms with E-state index in [1.54, 1.807) is 47.3 Å². The molecular formula is C13H8N2O2S2. The first kappa shape index (κ1) is 12.0. The summed E-state index contributed by atoms with van der Waals surface area (Å²) in [6, 6.07) is 6.73. The number of aromatic carboxylic acids is 1. The van der Waals surface area contributed by atoms with Crippen LogP contribution in [0.4, 0.5) is 0 Å². The van der Waals surface area contributed by atoms with Crippen molar-refractivity contribution in [3.8, 4) is 21.1 Å². The van der Waals surface area contributed by atoms with Crippen LogP contribution < -0.4 is 0 Å².